The molecule has 0 bridgehead atoms. The maximum atomic E-state index is 8.35. The van der Waals surface area contributed by atoms with Crippen molar-refractivity contribution in [2.24, 2.45) is 0 Å². The molecule has 0 unspecified atom stereocenters. The van der Waals surface area contributed by atoms with Crippen LogP contribution in [0.15, 0.2) is 24.8 Å². The predicted octanol–water partition coefficient (Wildman–Crippen LogP) is 3.24. The highest BCUT2D eigenvalue weighted by Gasteiger charge is 1.99. The molecule has 74 valence electrons. The topological polar surface area (TPSA) is 40.9 Å². The van der Waals surface area contributed by atoms with Gasteiger partial charge < -0.3 is 0 Å². The third-order valence-electron chi connectivity index (χ3n) is 2.06. The Morgan fingerprint density at radius 2 is 1.93 bits per heavy atom. The molecule has 0 aliphatic heterocycles. The first-order chi connectivity index (χ1) is 6.54. The van der Waals surface area contributed by atoms with E-state index in [2.05, 4.69) is 38.6 Å². The fraction of sp³-hybridized carbons (Fsp3) is 0.250. The molecule has 0 fully saturated rings. The summed E-state index contributed by atoms with van der Waals surface area (Å²) in [4.78, 5) is 8.35. The Morgan fingerprint density at radius 3 is 2.29 bits per heavy atom. The molecule has 0 aliphatic carbocycles. The summed E-state index contributed by atoms with van der Waals surface area (Å²) in [6.07, 6.45) is 0.750. The molecule has 14 heavy (non-hydrogen) atoms. The van der Waals surface area contributed by atoms with Crippen LogP contribution in [0.4, 0.5) is 0 Å². The second-order valence-electron chi connectivity index (χ2n) is 3.13. The molecule has 0 amide bonds. The lowest BCUT2D eigenvalue weighted by Crippen LogP contribution is -1.87. The summed E-state index contributed by atoms with van der Waals surface area (Å²) >= 11 is 0. The summed E-state index contributed by atoms with van der Waals surface area (Å²) in [5, 5.41) is 5.40. The van der Waals surface area contributed by atoms with Gasteiger partial charge in [0.2, 0.25) is 6.08 Å². The van der Waals surface area contributed by atoms with Gasteiger partial charge in [0, 0.05) is 0 Å². The van der Waals surface area contributed by atoms with Crippen molar-refractivity contribution in [3.05, 3.63) is 41.5 Å². The molecule has 0 saturated carbocycles. The van der Waals surface area contributed by atoms with Gasteiger partial charge in [-0.2, -0.15) is 0 Å². The minimum Gasteiger partial charge on any atom is -0.222 e. The molecule has 1 aromatic rings. The van der Waals surface area contributed by atoms with Gasteiger partial charge in [0.25, 0.3) is 0 Å². The number of benzene rings is 1. The third kappa shape index (κ3) is 3.38. The van der Waals surface area contributed by atoms with E-state index in [1.54, 1.807) is 0 Å². The first-order valence-corrected chi connectivity index (χ1v) is 4.30. The number of carbonyl (C=O) groups excluding carboxylic acids is 1. The van der Waals surface area contributed by atoms with Crippen molar-refractivity contribution in [1.82, 2.24) is 0 Å². The van der Waals surface area contributed by atoms with Gasteiger partial charge in [-0.1, -0.05) is 30.4 Å². The van der Waals surface area contributed by atoms with E-state index in [9.17, 15) is 0 Å². The van der Waals surface area contributed by atoms with Crippen molar-refractivity contribution < 1.29 is 4.79 Å². The molecule has 1 rings (SSSR count). The molecule has 0 spiro atoms. The zero-order valence-corrected chi connectivity index (χ0v) is 8.85. The molecular weight excluding hydrogens is 174 g/mol. The van der Waals surface area contributed by atoms with Crippen molar-refractivity contribution >= 4 is 11.7 Å². The molecule has 0 saturated heterocycles. The highest BCUT2D eigenvalue weighted by atomic mass is 16.1. The van der Waals surface area contributed by atoms with Crippen LogP contribution in [0.3, 0.4) is 0 Å². The minimum absolute atomic E-state index is 0.750. The minimum atomic E-state index is 0.750. The van der Waals surface area contributed by atoms with Gasteiger partial charge in [-0.3, -0.25) is 0 Å². The van der Waals surface area contributed by atoms with E-state index in [0.717, 1.165) is 11.7 Å². The monoisotopic (exact) mass is 189 g/mol. The maximum Gasteiger partial charge on any atom is 0.231 e. The van der Waals surface area contributed by atoms with E-state index in [4.69, 9.17) is 10.2 Å². The maximum absolute atomic E-state index is 8.35. The summed E-state index contributed by atoms with van der Waals surface area (Å²) in [7, 11) is 0. The Morgan fingerprint density at radius 1 is 1.43 bits per heavy atom. The lowest BCUT2D eigenvalue weighted by atomic mass is 9.99. The van der Waals surface area contributed by atoms with Crippen LogP contribution >= 0.6 is 0 Å². The second kappa shape index (κ2) is 5.90. The van der Waals surface area contributed by atoms with Crippen LogP contribution in [-0.2, 0) is 4.79 Å². The smallest absolute Gasteiger partial charge is 0.222 e. The first-order valence-electron chi connectivity index (χ1n) is 4.30. The van der Waals surface area contributed by atoms with Crippen molar-refractivity contribution in [2.45, 2.75) is 20.8 Å². The number of hydrogen-bond acceptors (Lipinski definition) is 2. The lowest BCUT2D eigenvalue weighted by Gasteiger charge is -2.06. The van der Waals surface area contributed by atoms with Gasteiger partial charge in [-0.25, -0.2) is 10.2 Å². The first kappa shape index (κ1) is 12.3. The van der Waals surface area contributed by atoms with Crippen molar-refractivity contribution in [2.75, 3.05) is 0 Å². The molecule has 0 radical (unpaired) electrons. The van der Waals surface area contributed by atoms with Crippen LogP contribution in [-0.4, -0.2) is 6.08 Å². The van der Waals surface area contributed by atoms with Crippen molar-refractivity contribution in [1.29, 1.82) is 5.41 Å². The second-order valence-corrected chi connectivity index (χ2v) is 3.13. The van der Waals surface area contributed by atoms with Crippen LogP contribution in [0.5, 0.6) is 0 Å². The fourth-order valence-corrected chi connectivity index (χ4v) is 1.21. The lowest BCUT2D eigenvalue weighted by molar-refractivity contribution is 0.563. The van der Waals surface area contributed by atoms with E-state index in [1.807, 2.05) is 6.92 Å². The average molecular weight is 189 g/mol. The summed E-state index contributed by atoms with van der Waals surface area (Å²) in [5.74, 6) is 0. The number of hydrogen-bond donors (Lipinski definition) is 1. The van der Waals surface area contributed by atoms with E-state index in [1.165, 1.54) is 16.7 Å². The Labute approximate surface area is 84.8 Å². The molecule has 0 heterocycles. The average Bonchev–Trinajstić information content (AvgIpc) is 2.10. The molecular formula is C12H15NO. The zero-order valence-electron chi connectivity index (χ0n) is 8.85. The number of rotatable bonds is 1. The van der Waals surface area contributed by atoms with Gasteiger partial charge in [0.15, 0.2) is 0 Å². The van der Waals surface area contributed by atoms with Crippen LogP contribution < -0.4 is 0 Å². The summed E-state index contributed by atoms with van der Waals surface area (Å²) in [6, 6.07) is 6.32. The quantitative estimate of drug-likeness (QED) is 0.534. The van der Waals surface area contributed by atoms with E-state index >= 15 is 0 Å². The Kier molecular flexibility index (Phi) is 5.20. The summed E-state index contributed by atoms with van der Waals surface area (Å²) < 4.78 is 0. The highest BCUT2D eigenvalue weighted by Crippen LogP contribution is 2.18. The summed E-state index contributed by atoms with van der Waals surface area (Å²) in [6.45, 7) is 10.2. The number of allylic oxidation sites excluding steroid dienone is 1. The van der Waals surface area contributed by atoms with Gasteiger partial charge in [0.1, 0.15) is 0 Å². The highest BCUT2D eigenvalue weighted by molar-refractivity contribution is 5.65. The standard InChI is InChI=1S/C11H14.CHNO/c1-8(2)11-7-5-6-9(3)10(11)4;2-1-3/h5-7H,1H2,2-4H3;2H. The van der Waals surface area contributed by atoms with E-state index in [-0.39, 0.29) is 0 Å². The zero-order chi connectivity index (χ0) is 11.1. The van der Waals surface area contributed by atoms with Crippen LogP contribution in [0.1, 0.15) is 23.6 Å². The fourth-order valence-electron chi connectivity index (χ4n) is 1.21. The summed E-state index contributed by atoms with van der Waals surface area (Å²) in [5.41, 5.74) is 5.11. The van der Waals surface area contributed by atoms with Gasteiger partial charge >= 0.3 is 0 Å². The predicted molar refractivity (Wildman–Crippen MR) is 59.0 cm³/mol. The van der Waals surface area contributed by atoms with E-state index in [0.29, 0.717) is 0 Å². The van der Waals surface area contributed by atoms with Crippen LogP contribution in [0.2, 0.25) is 0 Å². The van der Waals surface area contributed by atoms with Crippen LogP contribution in [0, 0.1) is 19.3 Å². The number of aryl methyl sites for hydroxylation is 1. The largest absolute Gasteiger partial charge is 0.231 e. The van der Waals surface area contributed by atoms with Crippen LogP contribution in [0.25, 0.3) is 5.57 Å². The van der Waals surface area contributed by atoms with E-state index < -0.39 is 0 Å². The Bertz CT molecular complexity index is 361. The van der Waals surface area contributed by atoms with Gasteiger partial charge in [0.05, 0.1) is 0 Å². The van der Waals surface area contributed by atoms with Crippen molar-refractivity contribution in [3.8, 4) is 0 Å². The molecule has 2 nitrogen and oxygen atoms in total. The number of nitrogens with one attached hydrogen (secondary N) is 1. The Hall–Kier alpha value is -1.66. The normalized spacial score (nSPS) is 8.21. The SMILES string of the molecule is C=C(C)c1cccc(C)c1C.N=C=O. The van der Waals surface area contributed by atoms with Gasteiger partial charge in [-0.15, -0.1) is 0 Å². The molecule has 1 aromatic carbocycles. The molecule has 0 aromatic heterocycles. The molecule has 2 heteroatoms. The number of isocyanates is 1. The third-order valence-corrected chi connectivity index (χ3v) is 2.06. The van der Waals surface area contributed by atoms with Gasteiger partial charge in [-0.05, 0) is 37.5 Å². The molecule has 0 aliphatic rings. The molecule has 0 atom stereocenters. The Balaban J connectivity index is 0.000000500. The molecule has 1 N–H and O–H groups in total. The van der Waals surface area contributed by atoms with Crippen molar-refractivity contribution in [3.63, 3.8) is 0 Å².